The van der Waals surface area contributed by atoms with Gasteiger partial charge in [0.05, 0.1) is 12.5 Å². The van der Waals surface area contributed by atoms with Crippen molar-refractivity contribution >= 4 is 10.0 Å². The van der Waals surface area contributed by atoms with Crippen LogP contribution in [0.5, 0.6) is 0 Å². The third-order valence-corrected chi connectivity index (χ3v) is 4.96. The molecule has 1 atom stereocenters. The van der Waals surface area contributed by atoms with Crippen molar-refractivity contribution in [2.45, 2.75) is 36.8 Å². The second kappa shape index (κ2) is 5.16. The van der Waals surface area contributed by atoms with Gasteiger partial charge in [0.25, 0.3) is 10.0 Å². The molecule has 1 unspecified atom stereocenters. The van der Waals surface area contributed by atoms with Gasteiger partial charge in [0.2, 0.25) is 0 Å². The van der Waals surface area contributed by atoms with Crippen molar-refractivity contribution in [3.63, 3.8) is 0 Å². The number of sulfonamides is 1. The Kier molecular flexibility index (Phi) is 3.80. The molecule has 2 heterocycles. The Morgan fingerprint density at radius 2 is 2.41 bits per heavy atom. The molecule has 0 bridgehead atoms. The van der Waals surface area contributed by atoms with Crippen LogP contribution >= 0.6 is 0 Å². The first kappa shape index (κ1) is 12.5. The van der Waals surface area contributed by atoms with Gasteiger partial charge in [-0.3, -0.25) is 0 Å². The van der Waals surface area contributed by atoms with Crippen LogP contribution in [0.3, 0.4) is 0 Å². The molecule has 1 saturated heterocycles. The molecule has 96 valence electrons. The Morgan fingerprint density at radius 3 is 3.06 bits per heavy atom. The molecule has 1 aromatic heterocycles. The monoisotopic (exact) mass is 259 g/mol. The van der Waals surface area contributed by atoms with Crippen LogP contribution in [-0.4, -0.2) is 47.0 Å². The van der Waals surface area contributed by atoms with E-state index in [2.05, 4.69) is 9.97 Å². The van der Waals surface area contributed by atoms with Crippen LogP contribution in [0.2, 0.25) is 0 Å². The molecular weight excluding hydrogens is 242 g/mol. The quantitative estimate of drug-likeness (QED) is 0.798. The molecule has 7 heteroatoms. The van der Waals surface area contributed by atoms with E-state index < -0.39 is 10.0 Å². The normalized spacial score (nSPS) is 22.1. The number of nitrogens with one attached hydrogen (secondary N) is 1. The minimum atomic E-state index is -3.44. The van der Waals surface area contributed by atoms with Gasteiger partial charge in [-0.25, -0.2) is 13.4 Å². The van der Waals surface area contributed by atoms with Gasteiger partial charge in [0.15, 0.2) is 5.03 Å². The Morgan fingerprint density at radius 1 is 1.59 bits per heavy atom. The van der Waals surface area contributed by atoms with Gasteiger partial charge in [-0.15, -0.1) is 0 Å². The first-order valence-electron chi connectivity index (χ1n) is 5.77. The SMILES string of the molecule is O=S(=O)(c1cnc[nH]1)N1CCCC1CCCO. The number of rotatable bonds is 5. The van der Waals surface area contributed by atoms with Crippen molar-refractivity contribution in [1.82, 2.24) is 14.3 Å². The summed E-state index contributed by atoms with van der Waals surface area (Å²) in [6, 6.07) is 0.00968. The van der Waals surface area contributed by atoms with Crippen molar-refractivity contribution in [1.29, 1.82) is 0 Å². The molecule has 0 radical (unpaired) electrons. The van der Waals surface area contributed by atoms with Gasteiger partial charge in [-0.2, -0.15) is 4.31 Å². The van der Waals surface area contributed by atoms with Crippen LogP contribution in [0.4, 0.5) is 0 Å². The molecule has 0 aromatic carbocycles. The fraction of sp³-hybridized carbons (Fsp3) is 0.700. The van der Waals surface area contributed by atoms with Gasteiger partial charge >= 0.3 is 0 Å². The molecule has 0 aliphatic carbocycles. The third-order valence-electron chi connectivity index (χ3n) is 3.08. The van der Waals surface area contributed by atoms with E-state index in [-0.39, 0.29) is 17.7 Å². The molecule has 1 aliphatic heterocycles. The number of hydrogen-bond donors (Lipinski definition) is 2. The number of aliphatic hydroxyl groups excluding tert-OH is 1. The number of nitrogens with zero attached hydrogens (tertiary/aromatic N) is 2. The lowest BCUT2D eigenvalue weighted by Gasteiger charge is -2.22. The predicted octanol–water partition coefficient (Wildman–Crippen LogP) is 0.335. The van der Waals surface area contributed by atoms with E-state index >= 15 is 0 Å². The molecular formula is C10H17N3O3S. The van der Waals surface area contributed by atoms with Gasteiger partial charge < -0.3 is 10.1 Å². The predicted molar refractivity (Wildman–Crippen MR) is 61.8 cm³/mol. The minimum absolute atomic E-state index is 0.00968. The topological polar surface area (TPSA) is 86.3 Å². The van der Waals surface area contributed by atoms with Crippen molar-refractivity contribution in [3.05, 3.63) is 12.5 Å². The first-order chi connectivity index (χ1) is 8.16. The Hall–Kier alpha value is -0.920. The summed E-state index contributed by atoms with van der Waals surface area (Å²) in [4.78, 5) is 6.39. The van der Waals surface area contributed by atoms with E-state index in [1.807, 2.05) is 0 Å². The van der Waals surface area contributed by atoms with Crippen LogP contribution in [0.15, 0.2) is 17.6 Å². The Balaban J connectivity index is 2.15. The molecule has 17 heavy (non-hydrogen) atoms. The standard InChI is InChI=1S/C10H17N3O3S/c14-6-2-4-9-3-1-5-13(9)17(15,16)10-7-11-8-12-10/h7-9,14H,1-6H2,(H,11,12). The van der Waals surface area contributed by atoms with Gasteiger partial charge in [-0.05, 0) is 25.7 Å². The zero-order valence-corrected chi connectivity index (χ0v) is 10.4. The number of hydrogen-bond acceptors (Lipinski definition) is 4. The van der Waals surface area contributed by atoms with Gasteiger partial charge in [0, 0.05) is 19.2 Å². The molecule has 0 amide bonds. The molecule has 1 fully saturated rings. The van der Waals surface area contributed by atoms with Crippen LogP contribution in [-0.2, 0) is 10.0 Å². The fourth-order valence-corrected chi connectivity index (χ4v) is 3.87. The summed E-state index contributed by atoms with van der Waals surface area (Å²) in [7, 11) is -3.44. The summed E-state index contributed by atoms with van der Waals surface area (Å²) < 4.78 is 26.0. The van der Waals surface area contributed by atoms with E-state index in [1.165, 1.54) is 16.8 Å². The van der Waals surface area contributed by atoms with E-state index in [1.54, 1.807) is 0 Å². The summed E-state index contributed by atoms with van der Waals surface area (Å²) in [5, 5.41) is 8.96. The molecule has 1 aliphatic rings. The minimum Gasteiger partial charge on any atom is -0.396 e. The summed E-state index contributed by atoms with van der Waals surface area (Å²) in [5.74, 6) is 0. The van der Waals surface area contributed by atoms with Crippen LogP contribution in [0.1, 0.15) is 25.7 Å². The molecule has 2 N–H and O–H groups in total. The summed E-state index contributed by atoms with van der Waals surface area (Å²) >= 11 is 0. The third kappa shape index (κ3) is 2.51. The van der Waals surface area contributed by atoms with Crippen molar-refractivity contribution < 1.29 is 13.5 Å². The van der Waals surface area contributed by atoms with E-state index in [9.17, 15) is 8.42 Å². The van der Waals surface area contributed by atoms with Gasteiger partial charge in [0.1, 0.15) is 0 Å². The zero-order chi connectivity index (χ0) is 12.3. The lowest BCUT2D eigenvalue weighted by atomic mass is 10.1. The number of H-pyrrole nitrogens is 1. The molecule has 6 nitrogen and oxygen atoms in total. The smallest absolute Gasteiger partial charge is 0.260 e. The number of imidazole rings is 1. The second-order valence-electron chi connectivity index (χ2n) is 4.19. The highest BCUT2D eigenvalue weighted by atomic mass is 32.2. The highest BCUT2D eigenvalue weighted by molar-refractivity contribution is 7.89. The van der Waals surface area contributed by atoms with Crippen LogP contribution in [0, 0.1) is 0 Å². The van der Waals surface area contributed by atoms with Crippen molar-refractivity contribution in [2.75, 3.05) is 13.2 Å². The average molecular weight is 259 g/mol. The van der Waals surface area contributed by atoms with Crippen molar-refractivity contribution in [3.8, 4) is 0 Å². The summed E-state index contributed by atoms with van der Waals surface area (Å²) in [6.45, 7) is 0.659. The Labute approximate surface area is 101 Å². The highest BCUT2D eigenvalue weighted by Gasteiger charge is 2.35. The van der Waals surface area contributed by atoms with E-state index in [4.69, 9.17) is 5.11 Å². The number of aromatic amines is 1. The maximum atomic E-state index is 12.3. The number of aliphatic hydroxyl groups is 1. The summed E-state index contributed by atoms with van der Waals surface area (Å²) in [5.41, 5.74) is 0. The molecule has 0 spiro atoms. The Bertz CT molecular complexity index is 443. The maximum absolute atomic E-state index is 12.3. The average Bonchev–Trinajstić information content (AvgIpc) is 2.97. The second-order valence-corrected chi connectivity index (χ2v) is 6.05. The zero-order valence-electron chi connectivity index (χ0n) is 9.54. The lowest BCUT2D eigenvalue weighted by Crippen LogP contribution is -2.35. The maximum Gasteiger partial charge on any atom is 0.260 e. The molecule has 0 saturated carbocycles. The first-order valence-corrected chi connectivity index (χ1v) is 7.21. The van der Waals surface area contributed by atoms with E-state index in [0.717, 1.165) is 12.8 Å². The molecule has 1 aromatic rings. The molecule has 2 rings (SSSR count). The fourth-order valence-electron chi connectivity index (χ4n) is 2.25. The summed E-state index contributed by atoms with van der Waals surface area (Å²) in [6.07, 6.45) is 5.79. The van der Waals surface area contributed by atoms with Gasteiger partial charge in [-0.1, -0.05) is 0 Å². The van der Waals surface area contributed by atoms with Crippen molar-refractivity contribution in [2.24, 2.45) is 0 Å². The van der Waals surface area contributed by atoms with Crippen LogP contribution in [0.25, 0.3) is 0 Å². The van der Waals surface area contributed by atoms with E-state index in [0.29, 0.717) is 19.4 Å². The largest absolute Gasteiger partial charge is 0.396 e. The highest BCUT2D eigenvalue weighted by Crippen LogP contribution is 2.27. The number of aromatic nitrogens is 2. The van der Waals surface area contributed by atoms with Crippen LogP contribution < -0.4 is 0 Å². The lowest BCUT2D eigenvalue weighted by molar-refractivity contribution is 0.264.